The molecule has 0 aliphatic heterocycles. The molecule has 0 aromatic heterocycles. The number of ether oxygens (including phenoxy) is 1. The molecule has 0 aromatic carbocycles. The van der Waals surface area contributed by atoms with Gasteiger partial charge in [0, 0.05) is 52.2 Å². The number of hydrogen-bond acceptors (Lipinski definition) is 15. The molecule has 1 amide bonds. The minimum Gasteiger partial charge on any atom is -0.480 e. The van der Waals surface area contributed by atoms with Crippen molar-refractivity contribution in [1.29, 1.82) is 0 Å². The summed E-state index contributed by atoms with van der Waals surface area (Å²) < 4.78 is 35.8. The summed E-state index contributed by atoms with van der Waals surface area (Å²) in [4.78, 5) is 40.0. The van der Waals surface area contributed by atoms with Crippen LogP contribution in [0.5, 0.6) is 0 Å². The topological polar surface area (TPSA) is 286 Å². The summed E-state index contributed by atoms with van der Waals surface area (Å²) in [6.07, 6.45) is 18.8. The van der Waals surface area contributed by atoms with Crippen LogP contribution in [0.1, 0.15) is 103 Å². The van der Waals surface area contributed by atoms with E-state index in [2.05, 4.69) is 19.1 Å². The lowest BCUT2D eigenvalue weighted by atomic mass is 10.1. The number of unbranched alkanes of at least 4 members (excludes halogenated alkanes) is 11. The highest BCUT2D eigenvalue weighted by molar-refractivity contribution is 7.87. The van der Waals surface area contributed by atoms with E-state index in [4.69, 9.17) is 45.0 Å². The summed E-state index contributed by atoms with van der Waals surface area (Å²) in [5.74, 6) is -3.18. The van der Waals surface area contributed by atoms with Crippen LogP contribution in [0.2, 0.25) is 0 Å². The molecule has 0 aliphatic carbocycles. The van der Waals surface area contributed by atoms with Crippen molar-refractivity contribution in [3.8, 4) is 0 Å². The first-order valence-electron chi connectivity index (χ1n) is 20.3. The SMILES string of the molecule is CCCCCCCC/C=C\CCCCCCCC(=O)N(CCO)CCOC(=O)CC(C(=O)O)S(=O)(=O)O.OCCN(CCO)CCO.OCCN(CCO)CCO. The molecular formula is C38H77N3O15S. The molecule has 0 saturated heterocycles. The second kappa shape index (κ2) is 43.3. The first kappa shape index (κ1) is 59.0. The zero-order valence-electron chi connectivity index (χ0n) is 34.4. The molecule has 1 atom stereocenters. The van der Waals surface area contributed by atoms with Crippen molar-refractivity contribution in [2.45, 2.75) is 108 Å². The van der Waals surface area contributed by atoms with E-state index < -0.39 is 33.7 Å². The van der Waals surface area contributed by atoms with Crippen molar-refractivity contribution in [3.63, 3.8) is 0 Å². The minimum atomic E-state index is -4.95. The third-order valence-corrected chi connectivity index (χ3v) is 9.57. The van der Waals surface area contributed by atoms with Gasteiger partial charge in [0.2, 0.25) is 5.91 Å². The Morgan fingerprint density at radius 3 is 1.33 bits per heavy atom. The number of carboxylic acid groups (broad SMARTS) is 1. The average Bonchev–Trinajstić information content (AvgIpc) is 3.15. The van der Waals surface area contributed by atoms with Crippen LogP contribution < -0.4 is 0 Å². The molecule has 0 aliphatic rings. The Labute approximate surface area is 340 Å². The number of nitrogens with zero attached hydrogens (tertiary/aromatic N) is 3. The lowest BCUT2D eigenvalue weighted by Crippen LogP contribution is -2.37. The Bertz CT molecular complexity index is 1020. The standard InChI is InChI=1S/C26H47NO9S.2C6H15NO3/c1-2-3-4-5-6-7-8-9-10-11-12-13-14-15-16-17-24(29)27(18-20-28)19-21-36-25(30)22-23(26(31)32)37(33,34)35;2*8-4-1-7(2-5-9)3-6-10/h9-10,23,28H,2-8,11-22H2,1H3,(H,31,32)(H,33,34,35);2*8-10H,1-6H2/b10-9-;;. The third-order valence-electron chi connectivity index (χ3n) is 8.48. The number of carboxylic acids is 1. The monoisotopic (exact) mass is 848 g/mol. The highest BCUT2D eigenvalue weighted by Gasteiger charge is 2.34. The maximum atomic E-state index is 12.4. The number of allylic oxidation sites excluding steroid dienone is 2. The van der Waals surface area contributed by atoms with Crippen LogP contribution in [0.15, 0.2) is 12.2 Å². The van der Waals surface area contributed by atoms with Crippen molar-refractivity contribution >= 4 is 28.0 Å². The average molecular weight is 848 g/mol. The van der Waals surface area contributed by atoms with Crippen molar-refractivity contribution < 1.29 is 72.9 Å². The molecular weight excluding hydrogens is 770 g/mol. The molecule has 0 spiro atoms. The predicted molar refractivity (Wildman–Crippen MR) is 217 cm³/mol. The number of hydrogen-bond donors (Lipinski definition) is 9. The lowest BCUT2D eigenvalue weighted by Gasteiger charge is -2.21. The summed E-state index contributed by atoms with van der Waals surface area (Å²) in [6.45, 7) is 5.23. The highest BCUT2D eigenvalue weighted by Crippen LogP contribution is 2.11. The molecule has 19 heteroatoms. The van der Waals surface area contributed by atoms with Gasteiger partial charge in [0.25, 0.3) is 10.1 Å². The van der Waals surface area contributed by atoms with Gasteiger partial charge in [-0.05, 0) is 32.1 Å². The van der Waals surface area contributed by atoms with E-state index in [1.165, 1.54) is 43.4 Å². The van der Waals surface area contributed by atoms with Gasteiger partial charge in [0.1, 0.15) is 6.61 Å². The number of rotatable bonds is 36. The summed E-state index contributed by atoms with van der Waals surface area (Å²) in [5, 5.41) is 66.6. The van der Waals surface area contributed by atoms with Gasteiger partial charge in [-0.3, -0.25) is 28.7 Å². The molecule has 0 saturated carbocycles. The summed E-state index contributed by atoms with van der Waals surface area (Å²) in [5.41, 5.74) is 0. The van der Waals surface area contributed by atoms with E-state index in [-0.39, 0.29) is 71.9 Å². The third kappa shape index (κ3) is 40.3. The van der Waals surface area contributed by atoms with Crippen molar-refractivity contribution in [2.24, 2.45) is 0 Å². The number of carbonyl (C=O) groups excluding carboxylic acids is 2. The lowest BCUT2D eigenvalue weighted by molar-refractivity contribution is -0.148. The Kier molecular flexibility index (Phi) is 44.8. The van der Waals surface area contributed by atoms with Gasteiger partial charge in [0.15, 0.2) is 5.25 Å². The molecule has 0 rings (SSSR count). The second-order valence-corrected chi connectivity index (χ2v) is 14.8. The zero-order valence-corrected chi connectivity index (χ0v) is 35.2. The molecule has 0 heterocycles. The van der Waals surface area contributed by atoms with Crippen LogP contribution in [0, 0.1) is 0 Å². The van der Waals surface area contributed by atoms with Crippen molar-refractivity contribution in [1.82, 2.24) is 14.7 Å². The fourth-order valence-electron chi connectivity index (χ4n) is 5.31. The first-order chi connectivity index (χ1) is 27.3. The quantitative estimate of drug-likeness (QED) is 0.0181. The van der Waals surface area contributed by atoms with Crippen molar-refractivity contribution in [2.75, 3.05) is 105 Å². The smallest absolute Gasteiger partial charge is 0.325 e. The molecule has 0 bridgehead atoms. The van der Waals surface area contributed by atoms with Crippen LogP contribution in [0.3, 0.4) is 0 Å². The van der Waals surface area contributed by atoms with Gasteiger partial charge in [-0.15, -0.1) is 0 Å². The maximum Gasteiger partial charge on any atom is 0.325 e. The molecule has 18 nitrogen and oxygen atoms in total. The minimum absolute atomic E-state index is 0.0141. The van der Waals surface area contributed by atoms with Gasteiger partial charge in [-0.25, -0.2) is 0 Å². The number of aliphatic carboxylic acids is 1. The molecule has 57 heavy (non-hydrogen) atoms. The Hall–Kier alpha value is -2.30. The molecule has 340 valence electrons. The number of aliphatic hydroxyl groups excluding tert-OH is 7. The number of amides is 1. The van der Waals surface area contributed by atoms with E-state index in [0.29, 0.717) is 52.1 Å². The molecule has 0 aromatic rings. The van der Waals surface area contributed by atoms with Crippen LogP contribution >= 0.6 is 0 Å². The van der Waals surface area contributed by atoms with Gasteiger partial charge in [-0.2, -0.15) is 8.42 Å². The number of aliphatic hydroxyl groups is 7. The van der Waals surface area contributed by atoms with Gasteiger partial charge < -0.3 is 50.5 Å². The van der Waals surface area contributed by atoms with E-state index >= 15 is 0 Å². The maximum absolute atomic E-state index is 12.4. The molecule has 1 unspecified atom stereocenters. The van der Waals surface area contributed by atoms with E-state index in [1.807, 2.05) is 0 Å². The Morgan fingerprint density at radius 1 is 0.579 bits per heavy atom. The fourth-order valence-corrected chi connectivity index (χ4v) is 5.91. The van der Waals surface area contributed by atoms with Crippen LogP contribution in [0.4, 0.5) is 0 Å². The fraction of sp³-hybridized carbons (Fsp3) is 0.868. The first-order valence-corrected chi connectivity index (χ1v) is 21.8. The number of carbonyl (C=O) groups is 3. The summed E-state index contributed by atoms with van der Waals surface area (Å²) >= 11 is 0. The van der Waals surface area contributed by atoms with Crippen LogP contribution in [-0.2, 0) is 29.2 Å². The Balaban J connectivity index is -0.00000118. The zero-order chi connectivity index (χ0) is 43.6. The normalized spacial score (nSPS) is 11.9. The Morgan fingerprint density at radius 2 is 0.965 bits per heavy atom. The van der Waals surface area contributed by atoms with Crippen LogP contribution in [-0.4, -0.2) is 197 Å². The van der Waals surface area contributed by atoms with Crippen molar-refractivity contribution in [3.05, 3.63) is 12.2 Å². The largest absolute Gasteiger partial charge is 0.480 e. The van der Waals surface area contributed by atoms with E-state index in [0.717, 1.165) is 38.5 Å². The molecule has 9 N–H and O–H groups in total. The van der Waals surface area contributed by atoms with E-state index in [9.17, 15) is 27.9 Å². The van der Waals surface area contributed by atoms with Gasteiger partial charge in [0.05, 0.1) is 59.2 Å². The second-order valence-electron chi connectivity index (χ2n) is 13.2. The van der Waals surface area contributed by atoms with Gasteiger partial charge >= 0.3 is 11.9 Å². The summed E-state index contributed by atoms with van der Waals surface area (Å²) in [6, 6.07) is 0. The van der Waals surface area contributed by atoms with Crippen LogP contribution in [0.25, 0.3) is 0 Å². The number of esters is 1. The molecule has 0 fully saturated rings. The predicted octanol–water partition coefficient (Wildman–Crippen LogP) is 0.650. The highest BCUT2D eigenvalue weighted by atomic mass is 32.2. The van der Waals surface area contributed by atoms with Gasteiger partial charge in [-0.1, -0.05) is 70.4 Å². The van der Waals surface area contributed by atoms with E-state index in [1.54, 1.807) is 9.80 Å². The summed E-state index contributed by atoms with van der Waals surface area (Å²) in [7, 11) is -4.95. The molecule has 0 radical (unpaired) electrons.